The fraction of sp³-hybridized carbons (Fsp3) is 0.200. The van der Waals surface area contributed by atoms with Crippen LogP contribution in [0.5, 0.6) is 5.75 Å². The Morgan fingerprint density at radius 1 is 0.862 bits per heavy atom. The first kappa shape index (κ1) is 20.7. The van der Waals surface area contributed by atoms with Crippen LogP contribution in [0.15, 0.2) is 78.9 Å². The van der Waals surface area contributed by atoms with Gasteiger partial charge in [0.1, 0.15) is 11.6 Å². The van der Waals surface area contributed by atoms with Crippen molar-refractivity contribution in [2.24, 2.45) is 0 Å². The number of allylic oxidation sites excluding steroid dienone is 2. The molecular weight excluding hydrogens is 373 g/mol. The molecule has 4 heteroatoms. The van der Waals surface area contributed by atoms with Crippen LogP contribution < -0.4 is 4.74 Å². The molecule has 0 fully saturated rings. The van der Waals surface area contributed by atoms with Crippen LogP contribution in [0.3, 0.4) is 0 Å². The molecule has 3 aromatic carbocycles. The Labute approximate surface area is 169 Å². The van der Waals surface area contributed by atoms with Gasteiger partial charge in [-0.05, 0) is 66.6 Å². The summed E-state index contributed by atoms with van der Waals surface area (Å²) in [7, 11) is 0. The monoisotopic (exact) mass is 396 g/mol. The molecule has 0 aliphatic rings. The summed E-state index contributed by atoms with van der Waals surface area (Å²) in [5.74, 6) is -0.313. The molecule has 0 radical (unpaired) electrons. The summed E-state index contributed by atoms with van der Waals surface area (Å²) >= 11 is 0. The first-order valence-corrected chi connectivity index (χ1v) is 9.62. The third-order valence-corrected chi connectivity index (χ3v) is 4.72. The second-order valence-corrected chi connectivity index (χ2v) is 6.76. The average molecular weight is 396 g/mol. The van der Waals surface area contributed by atoms with Crippen LogP contribution in [-0.4, -0.2) is 6.61 Å². The van der Waals surface area contributed by atoms with E-state index in [4.69, 9.17) is 0 Å². The molecule has 0 aliphatic carbocycles. The van der Waals surface area contributed by atoms with Crippen molar-refractivity contribution in [1.82, 2.24) is 0 Å². The highest BCUT2D eigenvalue weighted by atomic mass is 19.3. The van der Waals surface area contributed by atoms with E-state index in [0.29, 0.717) is 11.1 Å². The number of halogens is 3. The zero-order valence-corrected chi connectivity index (χ0v) is 16.2. The van der Waals surface area contributed by atoms with Crippen molar-refractivity contribution >= 4 is 0 Å². The second-order valence-electron chi connectivity index (χ2n) is 6.76. The lowest BCUT2D eigenvalue weighted by Gasteiger charge is -2.09. The number of ether oxygens (including phenoxy) is 1. The van der Waals surface area contributed by atoms with E-state index in [1.54, 1.807) is 18.2 Å². The van der Waals surface area contributed by atoms with E-state index in [1.165, 1.54) is 23.8 Å². The summed E-state index contributed by atoms with van der Waals surface area (Å²) in [4.78, 5) is 0. The topological polar surface area (TPSA) is 9.23 Å². The predicted octanol–water partition coefficient (Wildman–Crippen LogP) is 7.66. The second kappa shape index (κ2) is 9.97. The molecule has 0 unspecified atom stereocenters. The molecule has 0 saturated heterocycles. The predicted molar refractivity (Wildman–Crippen MR) is 112 cm³/mol. The van der Waals surface area contributed by atoms with Crippen LogP contribution >= 0.6 is 0 Å². The highest BCUT2D eigenvalue weighted by molar-refractivity contribution is 5.71. The maximum Gasteiger partial charge on any atom is 0.387 e. The van der Waals surface area contributed by atoms with E-state index in [9.17, 15) is 13.2 Å². The van der Waals surface area contributed by atoms with Gasteiger partial charge in [0, 0.05) is 5.56 Å². The Morgan fingerprint density at radius 2 is 1.52 bits per heavy atom. The number of hydrogen-bond acceptors (Lipinski definition) is 1. The van der Waals surface area contributed by atoms with Crippen LogP contribution in [0, 0.1) is 5.82 Å². The first-order chi connectivity index (χ1) is 14.1. The van der Waals surface area contributed by atoms with Gasteiger partial charge in [0.2, 0.25) is 0 Å². The van der Waals surface area contributed by atoms with E-state index in [1.807, 2.05) is 25.1 Å². The largest absolute Gasteiger partial charge is 0.435 e. The minimum absolute atomic E-state index is 0.0478. The Balaban J connectivity index is 1.72. The van der Waals surface area contributed by atoms with Crippen LogP contribution in [0.1, 0.15) is 25.3 Å². The normalized spacial score (nSPS) is 11.3. The van der Waals surface area contributed by atoms with Crippen molar-refractivity contribution in [3.8, 4) is 28.0 Å². The van der Waals surface area contributed by atoms with Gasteiger partial charge >= 0.3 is 6.61 Å². The quantitative estimate of drug-likeness (QED) is 0.280. The Morgan fingerprint density at radius 3 is 2.14 bits per heavy atom. The molecular formula is C25H23F3O. The Hall–Kier alpha value is -3.01. The van der Waals surface area contributed by atoms with Gasteiger partial charge in [0.15, 0.2) is 0 Å². The van der Waals surface area contributed by atoms with Crippen LogP contribution in [0.25, 0.3) is 22.3 Å². The summed E-state index contributed by atoms with van der Waals surface area (Å²) in [5, 5.41) is 0. The molecule has 1 nitrogen and oxygen atoms in total. The van der Waals surface area contributed by atoms with Gasteiger partial charge in [0.25, 0.3) is 0 Å². The molecule has 0 N–H and O–H groups in total. The van der Waals surface area contributed by atoms with E-state index in [-0.39, 0.29) is 11.6 Å². The van der Waals surface area contributed by atoms with E-state index in [0.717, 1.165) is 30.4 Å². The molecule has 3 rings (SSSR count). The van der Waals surface area contributed by atoms with E-state index >= 15 is 0 Å². The standard InChI is InChI=1S/C25H23F3O/c1-2-3-4-5-6-18-7-9-19(10-8-18)21-13-16-23(24(26)17-21)20-11-14-22(15-12-20)29-25(27)28/h2-3,7-17,25H,4-6H2,1H3/b3-2+. The highest BCUT2D eigenvalue weighted by Gasteiger charge is 2.09. The van der Waals surface area contributed by atoms with Crippen molar-refractivity contribution < 1.29 is 17.9 Å². The van der Waals surface area contributed by atoms with Gasteiger partial charge in [-0.1, -0.05) is 60.7 Å². The Kier molecular flexibility index (Phi) is 7.12. The minimum atomic E-state index is -2.88. The fourth-order valence-electron chi connectivity index (χ4n) is 3.20. The molecule has 150 valence electrons. The van der Waals surface area contributed by atoms with E-state index in [2.05, 4.69) is 29.0 Å². The lowest BCUT2D eigenvalue weighted by Crippen LogP contribution is -2.01. The molecule has 0 aliphatic heterocycles. The molecule has 0 bridgehead atoms. The number of unbranched alkanes of at least 4 members (excludes halogenated alkanes) is 1. The maximum atomic E-state index is 14.7. The summed E-state index contributed by atoms with van der Waals surface area (Å²) in [6.07, 6.45) is 7.42. The zero-order chi connectivity index (χ0) is 20.6. The molecule has 0 amide bonds. The van der Waals surface area contributed by atoms with Crippen LogP contribution in [-0.2, 0) is 6.42 Å². The maximum absolute atomic E-state index is 14.7. The van der Waals surface area contributed by atoms with Crippen molar-refractivity contribution in [1.29, 1.82) is 0 Å². The molecule has 0 atom stereocenters. The lowest BCUT2D eigenvalue weighted by molar-refractivity contribution is -0.0498. The molecule has 0 saturated carbocycles. The summed E-state index contributed by atoms with van der Waals surface area (Å²) in [6.45, 7) is -0.854. The van der Waals surface area contributed by atoms with Gasteiger partial charge in [-0.25, -0.2) is 4.39 Å². The number of rotatable bonds is 8. The smallest absolute Gasteiger partial charge is 0.387 e. The van der Waals surface area contributed by atoms with Crippen molar-refractivity contribution in [3.63, 3.8) is 0 Å². The Bertz CT molecular complexity index is 945. The van der Waals surface area contributed by atoms with Gasteiger partial charge in [-0.2, -0.15) is 8.78 Å². The summed E-state index contributed by atoms with van der Waals surface area (Å²) in [5.41, 5.74) is 4.03. The summed E-state index contributed by atoms with van der Waals surface area (Å²) in [6, 6.07) is 19.2. The summed E-state index contributed by atoms with van der Waals surface area (Å²) < 4.78 is 43.5. The third-order valence-electron chi connectivity index (χ3n) is 4.72. The van der Waals surface area contributed by atoms with Crippen molar-refractivity contribution in [3.05, 3.63) is 90.3 Å². The number of aryl methyl sites for hydroxylation is 1. The highest BCUT2D eigenvalue weighted by Crippen LogP contribution is 2.29. The van der Waals surface area contributed by atoms with Crippen molar-refractivity contribution in [2.45, 2.75) is 32.8 Å². The molecule has 3 aromatic rings. The third kappa shape index (κ3) is 5.74. The molecule has 0 aromatic heterocycles. The lowest BCUT2D eigenvalue weighted by atomic mass is 9.98. The number of alkyl halides is 2. The van der Waals surface area contributed by atoms with Gasteiger partial charge in [0.05, 0.1) is 0 Å². The molecule has 0 heterocycles. The van der Waals surface area contributed by atoms with Crippen LogP contribution in [0.2, 0.25) is 0 Å². The molecule has 29 heavy (non-hydrogen) atoms. The minimum Gasteiger partial charge on any atom is -0.435 e. The average Bonchev–Trinajstić information content (AvgIpc) is 2.72. The van der Waals surface area contributed by atoms with Gasteiger partial charge < -0.3 is 4.74 Å². The van der Waals surface area contributed by atoms with Gasteiger partial charge in [-0.15, -0.1) is 0 Å². The van der Waals surface area contributed by atoms with Crippen LogP contribution in [0.4, 0.5) is 13.2 Å². The first-order valence-electron chi connectivity index (χ1n) is 9.62. The van der Waals surface area contributed by atoms with E-state index < -0.39 is 6.61 Å². The van der Waals surface area contributed by atoms with Crippen molar-refractivity contribution in [2.75, 3.05) is 0 Å². The zero-order valence-electron chi connectivity index (χ0n) is 16.2. The molecule has 0 spiro atoms. The fourth-order valence-corrected chi connectivity index (χ4v) is 3.20. The number of benzene rings is 3. The SMILES string of the molecule is C/C=C/CCCc1ccc(-c2ccc(-c3ccc(OC(F)F)cc3)c(F)c2)cc1. The number of hydrogen-bond donors (Lipinski definition) is 0. The van der Waals surface area contributed by atoms with Gasteiger partial charge in [-0.3, -0.25) is 0 Å².